The zero-order valence-electron chi connectivity index (χ0n) is 34.1. The summed E-state index contributed by atoms with van der Waals surface area (Å²) < 4.78 is 14.0. The monoisotopic (exact) mass is 835 g/mol. The molecule has 0 spiro atoms. The highest BCUT2D eigenvalue weighted by Gasteiger charge is 2.25. The van der Waals surface area contributed by atoms with Gasteiger partial charge >= 0.3 is 0 Å². The molecule has 0 fully saturated rings. The molecular formula is C57H33N5OS. The molecule has 5 aromatic heterocycles. The Balaban J connectivity index is 1.11. The molecule has 0 N–H and O–H groups in total. The van der Waals surface area contributed by atoms with E-state index in [0.29, 0.717) is 17.6 Å². The molecule has 14 aromatic rings. The van der Waals surface area contributed by atoms with Crippen LogP contribution in [0.3, 0.4) is 0 Å². The average Bonchev–Trinajstić information content (AvgIpc) is 4.12. The minimum atomic E-state index is 0.547. The number of para-hydroxylation sites is 3. The highest BCUT2D eigenvalue weighted by molar-refractivity contribution is 7.25. The Labute approximate surface area is 369 Å². The quantitative estimate of drug-likeness (QED) is 0.173. The van der Waals surface area contributed by atoms with E-state index in [1.54, 1.807) is 11.3 Å². The van der Waals surface area contributed by atoms with Crippen LogP contribution >= 0.6 is 11.3 Å². The Bertz CT molecular complexity index is 4200. The van der Waals surface area contributed by atoms with Crippen LogP contribution in [0.4, 0.5) is 0 Å². The summed E-state index contributed by atoms with van der Waals surface area (Å²) in [5.74, 6) is 1.78. The van der Waals surface area contributed by atoms with Crippen LogP contribution < -0.4 is 0 Å². The Kier molecular flexibility index (Phi) is 7.46. The first-order valence-corrected chi connectivity index (χ1v) is 22.3. The van der Waals surface area contributed by atoms with Crippen LogP contribution in [0, 0.1) is 0 Å². The smallest absolute Gasteiger partial charge is 0.238 e. The van der Waals surface area contributed by atoms with Crippen LogP contribution in [0.2, 0.25) is 0 Å². The molecule has 0 bridgehead atoms. The van der Waals surface area contributed by atoms with Gasteiger partial charge in [0, 0.05) is 63.6 Å². The lowest BCUT2D eigenvalue weighted by atomic mass is 10.0. The molecule has 298 valence electrons. The van der Waals surface area contributed by atoms with E-state index in [2.05, 4.69) is 191 Å². The zero-order chi connectivity index (χ0) is 41.9. The van der Waals surface area contributed by atoms with Gasteiger partial charge in [0.25, 0.3) is 0 Å². The van der Waals surface area contributed by atoms with Gasteiger partial charge in [0.2, 0.25) is 5.95 Å². The maximum atomic E-state index is 6.91. The number of benzene rings is 9. The number of hydrogen-bond donors (Lipinski definition) is 0. The molecule has 0 aliphatic rings. The third kappa shape index (κ3) is 5.10. The molecule has 0 amide bonds. The normalized spacial score (nSPS) is 12.1. The molecule has 0 saturated heterocycles. The predicted octanol–water partition coefficient (Wildman–Crippen LogP) is 15.3. The number of nitrogens with zero attached hydrogens (tertiary/aromatic N) is 5. The van der Waals surface area contributed by atoms with Gasteiger partial charge in [0.15, 0.2) is 17.2 Å². The summed E-state index contributed by atoms with van der Waals surface area (Å²) >= 11 is 1.79. The van der Waals surface area contributed by atoms with Crippen molar-refractivity contribution in [3.63, 3.8) is 0 Å². The first-order valence-electron chi connectivity index (χ1n) is 21.4. The number of hydrogen-bond acceptors (Lipinski definition) is 5. The fourth-order valence-electron chi connectivity index (χ4n) is 9.99. The van der Waals surface area contributed by atoms with Crippen LogP contribution in [0.25, 0.3) is 131 Å². The number of aromatic nitrogens is 5. The number of furan rings is 1. The van der Waals surface area contributed by atoms with E-state index < -0.39 is 0 Å². The number of thiophene rings is 1. The third-order valence-corrected chi connectivity index (χ3v) is 13.9. The minimum absolute atomic E-state index is 0.547. The van der Waals surface area contributed by atoms with Crippen molar-refractivity contribution in [2.75, 3.05) is 0 Å². The van der Waals surface area contributed by atoms with Gasteiger partial charge in [-0.15, -0.1) is 11.3 Å². The van der Waals surface area contributed by atoms with Gasteiger partial charge < -0.3 is 8.98 Å². The molecule has 14 rings (SSSR count). The molecule has 7 heteroatoms. The maximum absolute atomic E-state index is 6.91. The van der Waals surface area contributed by atoms with Gasteiger partial charge in [0.1, 0.15) is 5.58 Å². The van der Waals surface area contributed by atoms with E-state index in [4.69, 9.17) is 19.4 Å². The summed E-state index contributed by atoms with van der Waals surface area (Å²) in [6.07, 6.45) is 0. The Morgan fingerprint density at radius 3 is 1.78 bits per heavy atom. The third-order valence-electron chi connectivity index (χ3n) is 12.8. The molecule has 64 heavy (non-hydrogen) atoms. The highest BCUT2D eigenvalue weighted by Crippen LogP contribution is 2.45. The summed E-state index contributed by atoms with van der Waals surface area (Å²) in [6.45, 7) is 0. The number of fused-ring (bicyclic) bond motifs is 13. The van der Waals surface area contributed by atoms with Crippen molar-refractivity contribution in [1.82, 2.24) is 24.1 Å². The molecule has 6 nitrogen and oxygen atoms in total. The van der Waals surface area contributed by atoms with Crippen LogP contribution in [-0.2, 0) is 0 Å². The largest absolute Gasteiger partial charge is 0.454 e. The lowest BCUT2D eigenvalue weighted by Gasteiger charge is -2.14. The average molecular weight is 836 g/mol. The highest BCUT2D eigenvalue weighted by atomic mass is 32.1. The molecule has 0 aliphatic heterocycles. The summed E-state index contributed by atoms with van der Waals surface area (Å²) in [6, 6.07) is 70.6. The second-order valence-electron chi connectivity index (χ2n) is 16.3. The fraction of sp³-hybridized carbons (Fsp3) is 0. The molecule has 0 aliphatic carbocycles. The summed E-state index contributed by atoms with van der Waals surface area (Å²) in [5, 5.41) is 8.98. The van der Waals surface area contributed by atoms with Crippen LogP contribution in [0.1, 0.15) is 0 Å². The van der Waals surface area contributed by atoms with E-state index in [1.807, 2.05) is 18.2 Å². The van der Waals surface area contributed by atoms with Gasteiger partial charge in [0.05, 0.1) is 27.8 Å². The Morgan fingerprint density at radius 2 is 1.00 bits per heavy atom. The molecule has 0 atom stereocenters. The van der Waals surface area contributed by atoms with Gasteiger partial charge in [-0.2, -0.15) is 9.97 Å². The summed E-state index contributed by atoms with van der Waals surface area (Å²) in [5.41, 5.74) is 11.0. The lowest BCUT2D eigenvalue weighted by molar-refractivity contribution is 0.666. The minimum Gasteiger partial charge on any atom is -0.454 e. The molecule has 0 saturated carbocycles. The van der Waals surface area contributed by atoms with Crippen molar-refractivity contribution in [1.29, 1.82) is 0 Å². The Morgan fingerprint density at radius 1 is 0.391 bits per heavy atom. The van der Waals surface area contributed by atoms with Gasteiger partial charge in [-0.25, -0.2) is 4.98 Å². The van der Waals surface area contributed by atoms with Crippen LogP contribution in [0.5, 0.6) is 0 Å². The van der Waals surface area contributed by atoms with Gasteiger partial charge in [-0.05, 0) is 53.6 Å². The van der Waals surface area contributed by atoms with Crippen molar-refractivity contribution in [3.8, 4) is 45.5 Å². The Hall–Kier alpha value is -8.39. The SMILES string of the molecule is c1ccc(-c2ccc3oc4c(-n5c6ccccc6c6ccc7c8ccccc8n(-c8nc(-c9ccccc9)nc(-c9cccc%10sc%11ccccc%11c9%10)n8)c7c65)cccc4c3c2)cc1. The van der Waals surface area contributed by atoms with Crippen molar-refractivity contribution in [2.24, 2.45) is 0 Å². The predicted molar refractivity (Wildman–Crippen MR) is 265 cm³/mol. The molecule has 0 radical (unpaired) electrons. The maximum Gasteiger partial charge on any atom is 0.238 e. The van der Waals surface area contributed by atoms with E-state index in [-0.39, 0.29) is 0 Å². The first-order chi connectivity index (χ1) is 31.7. The molecular weight excluding hydrogens is 803 g/mol. The van der Waals surface area contributed by atoms with Crippen LogP contribution in [-0.4, -0.2) is 24.1 Å². The molecule has 5 heterocycles. The second-order valence-corrected chi connectivity index (χ2v) is 17.4. The van der Waals surface area contributed by atoms with E-state index in [1.165, 1.54) is 20.3 Å². The standard InChI is InChI=1S/C57H33N5OS/c1-3-15-34(16-4-1)36-29-32-48-44(33-36)41-22-13-26-47(54(41)63-48)61-45-24-10-7-19-37(45)39-30-31-40-38-20-8-11-25-46(38)62(53(40)52(39)61)57-59-55(35-17-5-2-6-18-35)58-56(60-57)43-23-14-28-50-51(43)42-21-9-12-27-49(42)64-50/h1-33H. The summed E-state index contributed by atoms with van der Waals surface area (Å²) in [7, 11) is 0. The molecule has 9 aromatic carbocycles. The van der Waals surface area contributed by atoms with Crippen LogP contribution in [0.15, 0.2) is 205 Å². The fourth-order valence-corrected chi connectivity index (χ4v) is 11.1. The van der Waals surface area contributed by atoms with Crippen molar-refractivity contribution in [3.05, 3.63) is 200 Å². The van der Waals surface area contributed by atoms with E-state index >= 15 is 0 Å². The van der Waals surface area contributed by atoms with E-state index in [0.717, 1.165) is 93.3 Å². The number of rotatable bonds is 5. The summed E-state index contributed by atoms with van der Waals surface area (Å²) in [4.78, 5) is 16.2. The lowest BCUT2D eigenvalue weighted by Crippen LogP contribution is -2.07. The van der Waals surface area contributed by atoms with Gasteiger partial charge in [-0.1, -0.05) is 158 Å². The van der Waals surface area contributed by atoms with Crippen molar-refractivity contribution in [2.45, 2.75) is 0 Å². The zero-order valence-corrected chi connectivity index (χ0v) is 34.9. The molecule has 0 unspecified atom stereocenters. The topological polar surface area (TPSA) is 61.7 Å². The van der Waals surface area contributed by atoms with Crippen molar-refractivity contribution < 1.29 is 4.42 Å². The van der Waals surface area contributed by atoms with Gasteiger partial charge in [-0.3, -0.25) is 4.57 Å². The van der Waals surface area contributed by atoms with Crippen molar-refractivity contribution >= 4 is 97.1 Å². The first kappa shape index (κ1) is 35.2. The van der Waals surface area contributed by atoms with E-state index in [9.17, 15) is 0 Å². The second kappa shape index (κ2) is 13.6.